The number of fused-ring (bicyclic) bond motifs is 1. The van der Waals surface area contributed by atoms with Crippen molar-refractivity contribution in [3.8, 4) is 11.3 Å². The molecule has 0 amide bonds. The van der Waals surface area contributed by atoms with Gasteiger partial charge in [0.05, 0.1) is 23.5 Å². The molecule has 1 unspecified atom stereocenters. The van der Waals surface area contributed by atoms with Crippen LogP contribution >= 0.6 is 15.9 Å². The Morgan fingerprint density at radius 3 is 3.00 bits per heavy atom. The number of nitrogens with zero attached hydrogens (tertiary/aromatic N) is 3. The van der Waals surface area contributed by atoms with Crippen LogP contribution in [0.2, 0.25) is 0 Å². The van der Waals surface area contributed by atoms with Crippen molar-refractivity contribution >= 4 is 27.7 Å². The SMILES string of the molecule is CCOC(=O)C1CNc2c(Br)c(-c3ccncc3)nn2C1. The number of carbonyl (C=O) groups excluding carboxylic acids is 1. The van der Waals surface area contributed by atoms with Gasteiger partial charge >= 0.3 is 5.97 Å². The summed E-state index contributed by atoms with van der Waals surface area (Å²) >= 11 is 3.58. The van der Waals surface area contributed by atoms with Crippen molar-refractivity contribution in [1.29, 1.82) is 0 Å². The first kappa shape index (κ1) is 14.1. The van der Waals surface area contributed by atoms with Crippen molar-refractivity contribution in [1.82, 2.24) is 14.8 Å². The van der Waals surface area contributed by atoms with Gasteiger partial charge in [-0.3, -0.25) is 9.78 Å². The molecular formula is C14H15BrN4O2. The molecule has 1 N–H and O–H groups in total. The standard InChI is InChI=1S/C14H15BrN4O2/c1-2-21-14(20)10-7-17-13-11(15)12(18-19(13)8-10)9-3-5-16-6-4-9/h3-6,10,17H,2,7-8H2,1H3. The molecule has 3 rings (SSSR count). The molecule has 3 heterocycles. The zero-order valence-electron chi connectivity index (χ0n) is 11.5. The second-order valence-electron chi connectivity index (χ2n) is 4.76. The molecule has 2 aromatic heterocycles. The van der Waals surface area contributed by atoms with E-state index >= 15 is 0 Å². The Labute approximate surface area is 130 Å². The maximum Gasteiger partial charge on any atom is 0.312 e. The van der Waals surface area contributed by atoms with Crippen LogP contribution in [0.3, 0.4) is 0 Å². The number of halogens is 1. The van der Waals surface area contributed by atoms with Crippen LogP contribution in [0.5, 0.6) is 0 Å². The number of hydrogen-bond donors (Lipinski definition) is 1. The molecule has 0 saturated heterocycles. The van der Waals surface area contributed by atoms with E-state index in [0.717, 1.165) is 21.5 Å². The number of anilines is 1. The Hall–Kier alpha value is -1.89. The predicted molar refractivity (Wildman–Crippen MR) is 81.8 cm³/mol. The largest absolute Gasteiger partial charge is 0.466 e. The highest BCUT2D eigenvalue weighted by Gasteiger charge is 2.29. The minimum absolute atomic E-state index is 0.187. The number of rotatable bonds is 3. The highest BCUT2D eigenvalue weighted by Crippen LogP contribution is 2.35. The number of ether oxygens (including phenoxy) is 1. The summed E-state index contributed by atoms with van der Waals surface area (Å²) < 4.78 is 7.79. The fourth-order valence-electron chi connectivity index (χ4n) is 2.35. The van der Waals surface area contributed by atoms with Crippen LogP contribution in [0.4, 0.5) is 5.82 Å². The monoisotopic (exact) mass is 350 g/mol. The molecule has 1 atom stereocenters. The summed E-state index contributed by atoms with van der Waals surface area (Å²) in [5, 5.41) is 7.83. The Kier molecular flexibility index (Phi) is 3.92. The van der Waals surface area contributed by atoms with Gasteiger partial charge in [-0.25, -0.2) is 4.68 Å². The van der Waals surface area contributed by atoms with Crippen molar-refractivity contribution in [2.75, 3.05) is 18.5 Å². The molecular weight excluding hydrogens is 336 g/mol. The summed E-state index contributed by atoms with van der Waals surface area (Å²) in [6, 6.07) is 3.81. The van der Waals surface area contributed by atoms with Gasteiger partial charge in [-0.15, -0.1) is 0 Å². The van der Waals surface area contributed by atoms with Gasteiger partial charge in [-0.2, -0.15) is 5.10 Å². The van der Waals surface area contributed by atoms with Crippen molar-refractivity contribution in [3.63, 3.8) is 0 Å². The van der Waals surface area contributed by atoms with Crippen molar-refractivity contribution in [2.24, 2.45) is 5.92 Å². The molecule has 2 aromatic rings. The van der Waals surface area contributed by atoms with Crippen molar-refractivity contribution < 1.29 is 9.53 Å². The number of carbonyl (C=O) groups is 1. The molecule has 0 bridgehead atoms. The normalized spacial score (nSPS) is 17.0. The first-order valence-corrected chi connectivity index (χ1v) is 7.57. The lowest BCUT2D eigenvalue weighted by Gasteiger charge is -2.23. The maximum atomic E-state index is 11.8. The third-order valence-electron chi connectivity index (χ3n) is 3.38. The zero-order valence-corrected chi connectivity index (χ0v) is 13.1. The minimum atomic E-state index is -0.213. The quantitative estimate of drug-likeness (QED) is 0.860. The van der Waals surface area contributed by atoms with Gasteiger partial charge in [0.1, 0.15) is 11.5 Å². The van der Waals surface area contributed by atoms with Crippen molar-refractivity contribution in [2.45, 2.75) is 13.5 Å². The van der Waals surface area contributed by atoms with Crippen LogP contribution in [0.25, 0.3) is 11.3 Å². The molecule has 110 valence electrons. The van der Waals surface area contributed by atoms with Crippen LogP contribution in [0.15, 0.2) is 29.0 Å². The van der Waals surface area contributed by atoms with Gasteiger partial charge in [0.15, 0.2) is 0 Å². The molecule has 1 aliphatic heterocycles. The van der Waals surface area contributed by atoms with E-state index in [9.17, 15) is 4.79 Å². The van der Waals surface area contributed by atoms with Gasteiger partial charge in [0.25, 0.3) is 0 Å². The lowest BCUT2D eigenvalue weighted by atomic mass is 10.1. The third-order valence-corrected chi connectivity index (χ3v) is 4.13. The molecule has 21 heavy (non-hydrogen) atoms. The third kappa shape index (κ3) is 2.65. The number of nitrogens with one attached hydrogen (secondary N) is 1. The smallest absolute Gasteiger partial charge is 0.312 e. The highest BCUT2D eigenvalue weighted by molar-refractivity contribution is 9.10. The molecule has 7 heteroatoms. The summed E-state index contributed by atoms with van der Waals surface area (Å²) in [6.45, 7) is 3.28. The first-order chi connectivity index (χ1) is 10.2. The van der Waals surface area contributed by atoms with Gasteiger partial charge in [-0.1, -0.05) is 0 Å². The van der Waals surface area contributed by atoms with Gasteiger partial charge < -0.3 is 10.1 Å². The summed E-state index contributed by atoms with van der Waals surface area (Å²) in [4.78, 5) is 15.9. The molecule has 6 nitrogen and oxygen atoms in total. The van der Waals surface area contributed by atoms with Gasteiger partial charge in [0.2, 0.25) is 0 Å². The van der Waals surface area contributed by atoms with E-state index in [0.29, 0.717) is 19.7 Å². The van der Waals surface area contributed by atoms with E-state index in [1.807, 2.05) is 23.7 Å². The molecule has 0 spiro atoms. The lowest BCUT2D eigenvalue weighted by molar-refractivity contribution is -0.148. The zero-order chi connectivity index (χ0) is 14.8. The average molecular weight is 351 g/mol. The second kappa shape index (κ2) is 5.85. The fraction of sp³-hybridized carbons (Fsp3) is 0.357. The van der Waals surface area contributed by atoms with Crippen LogP contribution in [0, 0.1) is 5.92 Å². The molecule has 0 aromatic carbocycles. The second-order valence-corrected chi connectivity index (χ2v) is 5.55. The highest BCUT2D eigenvalue weighted by atomic mass is 79.9. The van der Waals surface area contributed by atoms with Crippen molar-refractivity contribution in [3.05, 3.63) is 29.0 Å². The van der Waals surface area contributed by atoms with E-state index < -0.39 is 0 Å². The lowest BCUT2D eigenvalue weighted by Crippen LogP contribution is -2.34. The Bertz CT molecular complexity index is 656. The number of aromatic nitrogens is 3. The summed E-state index contributed by atoms with van der Waals surface area (Å²) in [7, 11) is 0. The van der Waals surface area contributed by atoms with E-state index in [-0.39, 0.29) is 11.9 Å². The summed E-state index contributed by atoms with van der Waals surface area (Å²) in [6.07, 6.45) is 3.46. The Balaban J connectivity index is 1.89. The summed E-state index contributed by atoms with van der Waals surface area (Å²) in [5.41, 5.74) is 1.82. The van der Waals surface area contributed by atoms with Crippen LogP contribution in [-0.2, 0) is 16.1 Å². The maximum absolute atomic E-state index is 11.8. The van der Waals surface area contributed by atoms with E-state index in [1.54, 1.807) is 12.4 Å². The van der Waals surface area contributed by atoms with Crippen LogP contribution < -0.4 is 5.32 Å². The topological polar surface area (TPSA) is 69.0 Å². The average Bonchev–Trinajstić information content (AvgIpc) is 2.85. The van der Waals surface area contributed by atoms with Gasteiger partial charge in [0, 0.05) is 24.5 Å². The number of pyridine rings is 1. The summed E-state index contributed by atoms with van der Waals surface area (Å²) in [5.74, 6) is 0.490. The number of esters is 1. The van der Waals surface area contributed by atoms with Gasteiger partial charge in [-0.05, 0) is 35.0 Å². The Morgan fingerprint density at radius 2 is 2.29 bits per heavy atom. The van der Waals surface area contributed by atoms with E-state index in [2.05, 4.69) is 31.3 Å². The first-order valence-electron chi connectivity index (χ1n) is 6.78. The van der Waals surface area contributed by atoms with E-state index in [1.165, 1.54) is 0 Å². The van der Waals surface area contributed by atoms with Crippen LogP contribution in [-0.4, -0.2) is 33.9 Å². The predicted octanol–water partition coefficient (Wildman–Crippen LogP) is 2.31. The molecule has 0 fully saturated rings. The molecule has 0 saturated carbocycles. The van der Waals surface area contributed by atoms with E-state index in [4.69, 9.17) is 4.74 Å². The molecule has 0 radical (unpaired) electrons. The fourth-order valence-corrected chi connectivity index (χ4v) is 3.00. The Morgan fingerprint density at radius 1 is 1.52 bits per heavy atom. The molecule has 0 aliphatic carbocycles. The number of hydrogen-bond acceptors (Lipinski definition) is 5. The minimum Gasteiger partial charge on any atom is -0.466 e. The molecule has 1 aliphatic rings. The van der Waals surface area contributed by atoms with Crippen LogP contribution in [0.1, 0.15) is 6.92 Å².